The normalized spacial score (nSPS) is 21.6. The maximum absolute atomic E-state index is 13.3. The van der Waals surface area contributed by atoms with Gasteiger partial charge in [0, 0.05) is 43.8 Å². The highest BCUT2D eigenvalue weighted by Gasteiger charge is 2.47. The number of rotatable bonds is 12. The van der Waals surface area contributed by atoms with Crippen LogP contribution in [0.25, 0.3) is 4.85 Å². The van der Waals surface area contributed by atoms with Gasteiger partial charge in [-0.25, -0.2) is 16.0 Å². The first-order valence-corrected chi connectivity index (χ1v) is 14.4. The van der Waals surface area contributed by atoms with Crippen molar-refractivity contribution in [3.8, 4) is 0 Å². The molecule has 1 amide bonds. The van der Waals surface area contributed by atoms with Gasteiger partial charge in [-0.1, -0.05) is 18.2 Å². The fraction of sp³-hybridized carbons (Fsp3) is 0.571. The average molecular weight is 595 g/mol. The van der Waals surface area contributed by atoms with Crippen LogP contribution in [0.3, 0.4) is 0 Å². The minimum absolute atomic E-state index is 0.0403. The predicted molar refractivity (Wildman–Crippen MR) is 157 cm³/mol. The Bertz CT molecular complexity index is 1240. The van der Waals surface area contributed by atoms with Gasteiger partial charge in [-0.05, 0) is 53.7 Å². The highest BCUT2D eigenvalue weighted by Crippen LogP contribution is 2.51. The molecule has 0 spiro atoms. The van der Waals surface area contributed by atoms with Gasteiger partial charge < -0.3 is 34.2 Å². The third-order valence-corrected chi connectivity index (χ3v) is 8.37. The van der Waals surface area contributed by atoms with Gasteiger partial charge in [0.25, 0.3) is 14.4 Å². The molecule has 2 aromatic rings. The van der Waals surface area contributed by atoms with Crippen LogP contribution in [0.4, 0.5) is 5.82 Å². The first kappa shape index (κ1) is 31.2. The molecule has 1 saturated heterocycles. The smallest absolute Gasteiger partial charge is 0.351 e. The van der Waals surface area contributed by atoms with Gasteiger partial charge in [-0.15, -0.1) is 0 Å². The molecule has 226 valence electrons. The zero-order valence-corrected chi connectivity index (χ0v) is 25.3. The van der Waals surface area contributed by atoms with Gasteiger partial charge in [0.05, 0.1) is 12.7 Å². The van der Waals surface area contributed by atoms with Gasteiger partial charge in [0.15, 0.2) is 6.23 Å². The minimum atomic E-state index is -1.72. The second kappa shape index (κ2) is 16.6. The molecule has 2 heterocycles. The second-order valence-corrected chi connectivity index (χ2v) is 11.2. The number of anilines is 1. The maximum atomic E-state index is 13.3. The van der Waals surface area contributed by atoms with E-state index in [9.17, 15) is 14.7 Å². The number of aromatic nitrogens is 2. The molecule has 13 heteroatoms. The molecule has 1 fully saturated rings. The summed E-state index contributed by atoms with van der Waals surface area (Å²) in [6, 6.07) is 8.68. The van der Waals surface area contributed by atoms with Crippen molar-refractivity contribution in [2.75, 3.05) is 32.2 Å². The molecule has 0 aliphatic carbocycles. The van der Waals surface area contributed by atoms with E-state index in [2.05, 4.69) is 20.3 Å². The number of aliphatic hydroxyl groups excluding tert-OH is 2. The molecule has 1 aromatic heterocycles. The number of hydrogen-bond acceptors (Lipinski definition) is 9. The van der Waals surface area contributed by atoms with E-state index in [0.717, 1.165) is 0 Å². The van der Waals surface area contributed by atoms with Crippen molar-refractivity contribution in [3.05, 3.63) is 69.6 Å². The lowest BCUT2D eigenvalue weighted by molar-refractivity contribution is -0.0314. The Hall–Kier alpha value is -2.75. The lowest BCUT2D eigenvalue weighted by Gasteiger charge is -2.38. The topological polar surface area (TPSA) is 140 Å². The molecular formula is C28H42N5O7P. The number of nitrogens with one attached hydrogen (secondary N) is 1. The molecule has 5 atom stereocenters. The van der Waals surface area contributed by atoms with Crippen LogP contribution in [0.1, 0.15) is 58.1 Å². The molecule has 3 rings (SSSR count). The predicted octanol–water partition coefficient (Wildman–Crippen LogP) is 3.61. The Balaban J connectivity index is 0.00000206. The molecule has 1 aliphatic heterocycles. The Labute approximate surface area is 245 Å². The first-order valence-electron chi connectivity index (χ1n) is 14.4. The summed E-state index contributed by atoms with van der Waals surface area (Å²) in [5, 5.41) is 16.5. The molecule has 12 nitrogen and oxygen atoms in total. The number of aryl methyl sites for hydroxylation is 1. The van der Waals surface area contributed by atoms with Crippen molar-refractivity contribution >= 4 is 20.3 Å². The summed E-state index contributed by atoms with van der Waals surface area (Å²) in [6.45, 7) is 16.7. The highest BCUT2D eigenvalue weighted by atomic mass is 31.2. The zero-order chi connectivity index (χ0) is 32.1. The quantitative estimate of drug-likeness (QED) is 0.191. The third kappa shape index (κ3) is 8.87. The van der Waals surface area contributed by atoms with E-state index < -0.39 is 44.5 Å². The lowest BCUT2D eigenvalue weighted by Crippen LogP contribution is -2.39. The molecule has 1 aromatic carbocycles. The van der Waals surface area contributed by atoms with Crippen LogP contribution in [0.15, 0.2) is 41.3 Å². The zero-order valence-electron chi connectivity index (χ0n) is 26.4. The number of amides is 1. The molecule has 0 bridgehead atoms. The van der Waals surface area contributed by atoms with E-state index in [4.69, 9.17) is 23.2 Å². The van der Waals surface area contributed by atoms with Crippen LogP contribution < -0.4 is 11.0 Å². The van der Waals surface area contributed by atoms with Crippen LogP contribution in [-0.2, 0) is 13.8 Å². The van der Waals surface area contributed by atoms with E-state index in [1.165, 1.54) is 17.9 Å². The van der Waals surface area contributed by atoms with E-state index in [1.54, 1.807) is 37.3 Å². The van der Waals surface area contributed by atoms with Crippen molar-refractivity contribution in [2.45, 2.75) is 72.0 Å². The van der Waals surface area contributed by atoms with Gasteiger partial charge in [-0.3, -0.25) is 9.36 Å². The van der Waals surface area contributed by atoms with Crippen LogP contribution in [-0.4, -0.2) is 82.9 Å². The summed E-state index contributed by atoms with van der Waals surface area (Å²) in [7, 11) is -0.424. The number of aliphatic hydroxyl groups is 2. The Morgan fingerprint density at radius 2 is 2.02 bits per heavy atom. The highest BCUT2D eigenvalue weighted by molar-refractivity contribution is 7.44. The summed E-state index contributed by atoms with van der Waals surface area (Å²) < 4.78 is 35.7. The SMILES string of the molecule is [2H]C[C@H]1O[C@@H](n2cc(C)c(NC(=O)c3ccccc3)nc2=O)C(OP(OCC[N+]#[C-])N(C(C)C)C(C)C)[C@H]1CO.[3H]OC. The van der Waals surface area contributed by atoms with Crippen LogP contribution in [0.5, 0.6) is 0 Å². The van der Waals surface area contributed by atoms with E-state index in [-0.39, 0.29) is 44.6 Å². The fourth-order valence-corrected chi connectivity index (χ4v) is 6.16. The van der Waals surface area contributed by atoms with E-state index in [0.29, 0.717) is 11.1 Å². The van der Waals surface area contributed by atoms with Crippen LogP contribution in [0, 0.1) is 19.4 Å². The summed E-state index contributed by atoms with van der Waals surface area (Å²) in [5.74, 6) is -0.884. The standard InChI is InChI=1S/C27H38N5O6P.CH4O/c1-17(2)32(18(3)4)39(36-14-13-28-7)38-23-22(16-33)20(6)37-26(23)31-15-19(5)24(30-27(31)35)29-25(34)21-11-9-8-10-12-21;1-2/h8-12,15,17-18,20,22-23,26,33H,13-14,16H2,1-6H3,(H,29,30,34,35);2H,1H3/t20-,22+,23?,26-,39?;/m1./s1/i6D;2T. The largest absolute Gasteiger partial charge is 0.400 e. The third-order valence-electron chi connectivity index (χ3n) is 6.25. The monoisotopic (exact) mass is 594 g/mol. The lowest BCUT2D eigenvalue weighted by atomic mass is 10.0. The summed E-state index contributed by atoms with van der Waals surface area (Å²) in [4.78, 5) is 33.4. The van der Waals surface area contributed by atoms with Gasteiger partial charge >= 0.3 is 5.69 Å². The molecule has 0 radical (unpaired) electrons. The molecule has 41 heavy (non-hydrogen) atoms. The summed E-state index contributed by atoms with van der Waals surface area (Å²) in [6.07, 6.45) is -1.01. The number of carbonyl (C=O) groups is 1. The number of nitrogens with zero attached hydrogens (tertiary/aromatic N) is 4. The molecular weight excluding hydrogens is 549 g/mol. The van der Waals surface area contributed by atoms with Crippen molar-refractivity contribution < 1.29 is 30.2 Å². The fourth-order valence-electron chi connectivity index (χ4n) is 4.39. The minimum Gasteiger partial charge on any atom is -0.400 e. The molecule has 0 saturated carbocycles. The second-order valence-electron chi connectivity index (χ2n) is 9.78. The molecule has 1 aliphatic rings. The van der Waals surface area contributed by atoms with Crippen LogP contribution >= 0.6 is 8.53 Å². The maximum Gasteiger partial charge on any atom is 0.351 e. The molecule has 3 N–H and O–H groups in total. The Morgan fingerprint density at radius 1 is 1.37 bits per heavy atom. The Morgan fingerprint density at radius 3 is 2.59 bits per heavy atom. The number of carbonyl (C=O) groups excluding carboxylic acids is 1. The summed E-state index contributed by atoms with van der Waals surface area (Å²) in [5.41, 5.74) is 0.261. The van der Waals surface area contributed by atoms with E-state index >= 15 is 0 Å². The van der Waals surface area contributed by atoms with Gasteiger partial charge in [0.2, 0.25) is 7.98 Å². The number of hydrogen-bond donors (Lipinski definition) is 3. The average Bonchev–Trinajstić information content (AvgIpc) is 3.32. The van der Waals surface area contributed by atoms with Crippen molar-refractivity contribution in [1.29, 1.82) is 1.43 Å². The van der Waals surface area contributed by atoms with Crippen molar-refractivity contribution in [2.24, 2.45) is 5.92 Å². The molecule has 2 unspecified atom stereocenters. The van der Waals surface area contributed by atoms with E-state index in [1.807, 2.05) is 32.4 Å². The Kier molecular flexibility index (Phi) is 12.7. The van der Waals surface area contributed by atoms with Crippen LogP contribution in [0.2, 0.25) is 0 Å². The summed E-state index contributed by atoms with van der Waals surface area (Å²) >= 11 is 0. The number of benzene rings is 1. The van der Waals surface area contributed by atoms with Crippen molar-refractivity contribution in [3.63, 3.8) is 0 Å². The first-order chi connectivity index (χ1) is 20.5. The van der Waals surface area contributed by atoms with Gasteiger partial charge in [0.1, 0.15) is 18.5 Å². The van der Waals surface area contributed by atoms with Gasteiger partial charge in [-0.2, -0.15) is 4.98 Å². The van der Waals surface area contributed by atoms with Crippen molar-refractivity contribution in [1.82, 2.24) is 14.2 Å². The number of ether oxygens (including phenoxy) is 1.